The molecule has 2 aliphatic rings. The molecule has 3 atom stereocenters. The summed E-state index contributed by atoms with van der Waals surface area (Å²) in [6, 6.07) is 3.67. The Morgan fingerprint density at radius 1 is 1.05 bits per heavy atom. The van der Waals surface area contributed by atoms with Crippen LogP contribution in [0.1, 0.15) is 72.5 Å². The maximum atomic E-state index is 13.9. The van der Waals surface area contributed by atoms with Crippen molar-refractivity contribution in [3.05, 3.63) is 70.0 Å². The predicted octanol–water partition coefficient (Wildman–Crippen LogP) is 7.24. The summed E-state index contributed by atoms with van der Waals surface area (Å²) >= 11 is 0. The summed E-state index contributed by atoms with van der Waals surface area (Å²) in [5.74, 6) is -0.413. The molecule has 2 fully saturated rings. The van der Waals surface area contributed by atoms with Gasteiger partial charge in [0.2, 0.25) is 0 Å². The largest absolute Gasteiger partial charge is 0.416 e. The second-order valence-corrected chi connectivity index (χ2v) is 10.4. The number of alkyl halides is 6. The SMILES string of the molecule is Cc1cc(F)ccc1C1CC2(CCCN2)CCN1C(=O)N(C)C(C)c1cc(C(F)(F)F)cc(C(F)(F)F)c1. The molecule has 0 saturated carbocycles. The van der Waals surface area contributed by atoms with E-state index in [1.54, 1.807) is 17.9 Å². The zero-order valence-corrected chi connectivity index (χ0v) is 21.3. The van der Waals surface area contributed by atoms with Gasteiger partial charge in [-0.1, -0.05) is 6.07 Å². The molecule has 4 rings (SSSR count). The maximum Gasteiger partial charge on any atom is 0.416 e. The Morgan fingerprint density at radius 2 is 1.68 bits per heavy atom. The average Bonchev–Trinajstić information content (AvgIpc) is 3.29. The Bertz CT molecular complexity index is 1160. The monoisotopic (exact) mass is 545 g/mol. The smallest absolute Gasteiger partial charge is 0.321 e. The molecule has 2 saturated heterocycles. The summed E-state index contributed by atoms with van der Waals surface area (Å²) < 4.78 is 94.3. The van der Waals surface area contributed by atoms with Gasteiger partial charge >= 0.3 is 18.4 Å². The van der Waals surface area contributed by atoms with Gasteiger partial charge in [0, 0.05) is 19.1 Å². The van der Waals surface area contributed by atoms with Gasteiger partial charge < -0.3 is 15.1 Å². The lowest BCUT2D eigenvalue weighted by Crippen LogP contribution is -2.55. The van der Waals surface area contributed by atoms with Crippen molar-refractivity contribution in [1.29, 1.82) is 0 Å². The Labute approximate surface area is 216 Å². The first-order valence-electron chi connectivity index (χ1n) is 12.5. The minimum absolute atomic E-state index is 0.0735. The molecule has 208 valence electrons. The highest BCUT2D eigenvalue weighted by Gasteiger charge is 2.45. The van der Waals surface area contributed by atoms with Gasteiger partial charge in [0.05, 0.1) is 23.2 Å². The van der Waals surface area contributed by atoms with Crippen LogP contribution in [-0.2, 0) is 12.4 Å². The van der Waals surface area contributed by atoms with Gasteiger partial charge in [0.15, 0.2) is 0 Å². The van der Waals surface area contributed by atoms with Crippen molar-refractivity contribution in [2.24, 2.45) is 0 Å². The zero-order chi connectivity index (χ0) is 28.0. The van der Waals surface area contributed by atoms with Crippen LogP contribution in [0.3, 0.4) is 0 Å². The van der Waals surface area contributed by atoms with Crippen LogP contribution in [0, 0.1) is 12.7 Å². The van der Waals surface area contributed by atoms with E-state index in [2.05, 4.69) is 5.32 Å². The maximum absolute atomic E-state index is 13.9. The summed E-state index contributed by atoms with van der Waals surface area (Å²) in [5.41, 5.74) is -1.90. The van der Waals surface area contributed by atoms with Crippen molar-refractivity contribution in [3.63, 3.8) is 0 Å². The molecule has 4 nitrogen and oxygen atoms in total. The van der Waals surface area contributed by atoms with Crippen molar-refractivity contribution < 1.29 is 35.5 Å². The van der Waals surface area contributed by atoms with Crippen LogP contribution >= 0.6 is 0 Å². The quantitative estimate of drug-likeness (QED) is 0.413. The molecule has 2 aliphatic heterocycles. The van der Waals surface area contributed by atoms with E-state index in [4.69, 9.17) is 0 Å². The number of carbonyl (C=O) groups is 1. The lowest BCUT2D eigenvalue weighted by molar-refractivity contribution is -0.143. The van der Waals surface area contributed by atoms with E-state index in [9.17, 15) is 35.5 Å². The number of piperidine rings is 1. The van der Waals surface area contributed by atoms with E-state index in [1.165, 1.54) is 31.0 Å². The van der Waals surface area contributed by atoms with E-state index < -0.39 is 47.4 Å². The topological polar surface area (TPSA) is 35.6 Å². The van der Waals surface area contributed by atoms with E-state index in [-0.39, 0.29) is 17.2 Å². The normalized spacial score (nSPS) is 23.1. The molecular weight excluding hydrogens is 515 g/mol. The number of hydrogen-bond donors (Lipinski definition) is 1. The van der Waals surface area contributed by atoms with Crippen LogP contribution < -0.4 is 5.32 Å². The number of likely N-dealkylation sites (tertiary alicyclic amines) is 1. The Hall–Kier alpha value is -2.82. The summed E-state index contributed by atoms with van der Waals surface area (Å²) in [7, 11) is 1.37. The molecule has 2 aromatic carbocycles. The predicted molar refractivity (Wildman–Crippen MR) is 128 cm³/mol. The number of nitrogens with one attached hydrogen (secondary N) is 1. The first kappa shape index (κ1) is 28.2. The van der Waals surface area contributed by atoms with Crippen molar-refractivity contribution in [3.8, 4) is 0 Å². The number of rotatable bonds is 3. The molecule has 0 aliphatic carbocycles. The number of halogens is 7. The summed E-state index contributed by atoms with van der Waals surface area (Å²) in [4.78, 5) is 16.5. The number of urea groups is 1. The van der Waals surface area contributed by atoms with Crippen LogP contribution in [0.25, 0.3) is 0 Å². The molecule has 2 amide bonds. The molecule has 2 aromatic rings. The van der Waals surface area contributed by atoms with Gasteiger partial charge in [-0.2, -0.15) is 26.3 Å². The van der Waals surface area contributed by atoms with E-state index in [0.717, 1.165) is 24.9 Å². The van der Waals surface area contributed by atoms with Crippen molar-refractivity contribution in [1.82, 2.24) is 15.1 Å². The number of hydrogen-bond acceptors (Lipinski definition) is 2. The van der Waals surface area contributed by atoms with Crippen LogP contribution in [0.2, 0.25) is 0 Å². The molecular formula is C27H30F7N3O. The van der Waals surface area contributed by atoms with Crippen LogP contribution in [0.15, 0.2) is 36.4 Å². The molecule has 3 unspecified atom stereocenters. The molecule has 0 bridgehead atoms. The van der Waals surface area contributed by atoms with Crippen molar-refractivity contribution >= 4 is 6.03 Å². The van der Waals surface area contributed by atoms with Gasteiger partial charge in [0.25, 0.3) is 0 Å². The molecule has 0 radical (unpaired) electrons. The first-order valence-corrected chi connectivity index (χ1v) is 12.5. The molecule has 0 aromatic heterocycles. The standard InChI is InChI=1S/C27H30F7N3O/c1-16-11-21(28)5-6-22(16)23-15-25(7-4-9-35-25)8-10-37(23)24(38)36(3)17(2)18-12-19(26(29,30)31)14-20(13-18)27(32,33)34/h5-6,11-14,17,23,35H,4,7-10,15H2,1-3H3. The number of nitrogens with zero attached hydrogens (tertiary/aromatic N) is 2. The highest BCUT2D eigenvalue weighted by atomic mass is 19.4. The summed E-state index contributed by atoms with van der Waals surface area (Å²) in [6.45, 7) is 4.32. The van der Waals surface area contributed by atoms with Gasteiger partial charge in [-0.05, 0) is 93.1 Å². The van der Waals surface area contributed by atoms with Crippen LogP contribution in [0.5, 0.6) is 0 Å². The minimum Gasteiger partial charge on any atom is -0.321 e. The van der Waals surface area contributed by atoms with Crippen molar-refractivity contribution in [2.75, 3.05) is 20.1 Å². The summed E-state index contributed by atoms with van der Waals surface area (Å²) in [5, 5.41) is 3.54. The lowest BCUT2D eigenvalue weighted by atomic mass is 9.79. The molecule has 11 heteroatoms. The Kier molecular flexibility index (Phi) is 7.46. The fourth-order valence-electron chi connectivity index (χ4n) is 5.66. The van der Waals surface area contributed by atoms with Gasteiger partial charge in [-0.3, -0.25) is 0 Å². The van der Waals surface area contributed by atoms with E-state index in [1.807, 2.05) is 0 Å². The second-order valence-electron chi connectivity index (χ2n) is 10.4. The highest BCUT2D eigenvalue weighted by molar-refractivity contribution is 5.75. The first-order chi connectivity index (χ1) is 17.6. The van der Waals surface area contributed by atoms with E-state index in [0.29, 0.717) is 37.1 Å². The molecule has 38 heavy (non-hydrogen) atoms. The second kappa shape index (κ2) is 10.1. The third kappa shape index (κ3) is 5.62. The van der Waals surface area contributed by atoms with Crippen LogP contribution in [-0.4, -0.2) is 41.5 Å². The van der Waals surface area contributed by atoms with E-state index >= 15 is 0 Å². The lowest BCUT2D eigenvalue weighted by Gasteiger charge is -2.47. The molecule has 2 heterocycles. The van der Waals surface area contributed by atoms with Gasteiger partial charge in [-0.15, -0.1) is 0 Å². The number of aryl methyl sites for hydroxylation is 1. The Morgan fingerprint density at radius 3 is 2.21 bits per heavy atom. The number of amides is 2. The fraction of sp³-hybridized carbons (Fsp3) is 0.519. The number of carbonyl (C=O) groups excluding carboxylic acids is 1. The minimum atomic E-state index is -4.99. The number of benzene rings is 2. The fourth-order valence-corrected chi connectivity index (χ4v) is 5.66. The molecule has 1 N–H and O–H groups in total. The van der Waals surface area contributed by atoms with Crippen molar-refractivity contribution in [2.45, 2.75) is 69.5 Å². The molecule has 1 spiro atoms. The van der Waals surface area contributed by atoms with Gasteiger partial charge in [0.1, 0.15) is 5.82 Å². The Balaban J connectivity index is 1.67. The third-order valence-electron chi connectivity index (χ3n) is 7.94. The average molecular weight is 546 g/mol. The highest BCUT2D eigenvalue weighted by Crippen LogP contribution is 2.43. The summed E-state index contributed by atoms with van der Waals surface area (Å²) in [6.07, 6.45) is -6.85. The van der Waals surface area contributed by atoms with Crippen LogP contribution in [0.4, 0.5) is 35.5 Å². The van der Waals surface area contributed by atoms with Gasteiger partial charge in [-0.25, -0.2) is 9.18 Å². The third-order valence-corrected chi connectivity index (χ3v) is 7.94. The zero-order valence-electron chi connectivity index (χ0n) is 21.3.